The number of carbonyl (C=O) groups is 1. The summed E-state index contributed by atoms with van der Waals surface area (Å²) >= 11 is 0. The van der Waals surface area contributed by atoms with Crippen molar-refractivity contribution in [2.75, 3.05) is 13.7 Å². The number of hydrogen-bond acceptors (Lipinski definition) is 5. The number of methoxy groups -OCH3 is 1. The minimum Gasteiger partial charge on any atom is -0.496 e. The average molecular weight is 418 g/mol. The predicted molar refractivity (Wildman–Crippen MR) is 111 cm³/mol. The minimum atomic E-state index is -1.25. The Morgan fingerprint density at radius 1 is 1.28 bits per heavy atom. The number of hydrogen-bond donors (Lipinski definition) is 1. The van der Waals surface area contributed by atoms with Crippen LogP contribution in [0.5, 0.6) is 5.75 Å². The molecule has 1 aromatic carbocycles. The topological polar surface area (TPSA) is 86.5 Å². The summed E-state index contributed by atoms with van der Waals surface area (Å²) in [4.78, 5) is 16.0. The second kappa shape index (κ2) is 8.30. The molecule has 0 atom stereocenters. The highest BCUT2D eigenvalue weighted by atomic mass is 28.3. The summed E-state index contributed by atoms with van der Waals surface area (Å²) in [5.74, 6) is -1.46. The SMILES string of the molecule is COc1cccc(F)c1-c1cncc2c1c(C(=O)O)nn2COCC[Si](C)(C)C. The number of benzene rings is 1. The maximum atomic E-state index is 14.6. The third kappa shape index (κ3) is 4.46. The number of carboxylic acid groups (broad SMARTS) is 1. The van der Waals surface area contributed by atoms with Gasteiger partial charge in [0.05, 0.1) is 24.4 Å². The first kappa shape index (κ1) is 20.9. The quantitative estimate of drug-likeness (QED) is 0.435. The van der Waals surface area contributed by atoms with E-state index in [4.69, 9.17) is 9.47 Å². The molecular weight excluding hydrogens is 393 g/mol. The van der Waals surface area contributed by atoms with Crippen molar-refractivity contribution < 1.29 is 23.8 Å². The molecule has 0 amide bonds. The molecule has 2 heterocycles. The number of fused-ring (bicyclic) bond motifs is 1. The van der Waals surface area contributed by atoms with Gasteiger partial charge < -0.3 is 14.6 Å². The Bertz CT molecular complexity index is 1050. The predicted octanol–water partition coefficient (Wildman–Crippen LogP) is 4.26. The van der Waals surface area contributed by atoms with Gasteiger partial charge in [0, 0.05) is 31.8 Å². The lowest BCUT2D eigenvalue weighted by atomic mass is 10.0. The zero-order chi connectivity index (χ0) is 21.2. The first-order chi connectivity index (χ1) is 13.7. The van der Waals surface area contributed by atoms with E-state index in [1.807, 2.05) is 0 Å². The molecule has 2 aromatic heterocycles. The van der Waals surface area contributed by atoms with Crippen molar-refractivity contribution in [1.29, 1.82) is 0 Å². The zero-order valence-corrected chi connectivity index (χ0v) is 17.9. The van der Waals surface area contributed by atoms with Gasteiger partial charge in [-0.2, -0.15) is 5.10 Å². The monoisotopic (exact) mass is 417 g/mol. The van der Waals surface area contributed by atoms with Crippen molar-refractivity contribution in [3.05, 3.63) is 42.1 Å². The van der Waals surface area contributed by atoms with Crippen molar-refractivity contribution in [3.8, 4) is 16.9 Å². The van der Waals surface area contributed by atoms with Gasteiger partial charge in [-0.05, 0) is 18.2 Å². The Morgan fingerprint density at radius 2 is 2.03 bits per heavy atom. The first-order valence-corrected chi connectivity index (χ1v) is 12.9. The van der Waals surface area contributed by atoms with Gasteiger partial charge in [-0.1, -0.05) is 25.7 Å². The largest absolute Gasteiger partial charge is 0.496 e. The summed E-state index contributed by atoms with van der Waals surface area (Å²) in [6.45, 7) is 7.40. The normalized spacial score (nSPS) is 11.8. The molecule has 0 radical (unpaired) electrons. The van der Waals surface area contributed by atoms with E-state index in [2.05, 4.69) is 29.7 Å². The minimum absolute atomic E-state index is 0.0911. The van der Waals surface area contributed by atoms with E-state index >= 15 is 0 Å². The Labute approximate surface area is 169 Å². The van der Waals surface area contributed by atoms with E-state index in [-0.39, 0.29) is 23.7 Å². The highest BCUT2D eigenvalue weighted by Gasteiger charge is 2.24. The number of aromatic nitrogens is 3. The lowest BCUT2D eigenvalue weighted by Crippen LogP contribution is -2.22. The number of rotatable bonds is 8. The van der Waals surface area contributed by atoms with Gasteiger partial charge in [0.25, 0.3) is 0 Å². The van der Waals surface area contributed by atoms with Crippen LogP contribution in [-0.2, 0) is 11.5 Å². The standard InChI is InChI=1S/C20H24FN3O4Si/c1-27-16-7-5-6-14(21)17(16)13-10-22-11-15-18(13)19(20(25)26)23-24(15)12-28-8-9-29(2,3)4/h5-7,10-11H,8-9,12H2,1-4H3,(H,25,26). The van der Waals surface area contributed by atoms with Gasteiger partial charge in [0.2, 0.25) is 0 Å². The highest BCUT2D eigenvalue weighted by molar-refractivity contribution is 6.76. The lowest BCUT2D eigenvalue weighted by Gasteiger charge is -2.15. The molecule has 0 saturated heterocycles. The van der Waals surface area contributed by atoms with E-state index in [1.54, 1.807) is 6.07 Å². The van der Waals surface area contributed by atoms with Crippen LogP contribution in [0.4, 0.5) is 4.39 Å². The van der Waals surface area contributed by atoms with Crippen LogP contribution in [0.1, 0.15) is 10.5 Å². The van der Waals surface area contributed by atoms with Crippen LogP contribution < -0.4 is 4.74 Å². The van der Waals surface area contributed by atoms with Gasteiger partial charge in [-0.3, -0.25) is 4.98 Å². The van der Waals surface area contributed by atoms with Gasteiger partial charge in [-0.25, -0.2) is 13.9 Å². The smallest absolute Gasteiger partial charge is 0.357 e. The molecule has 0 aliphatic carbocycles. The van der Waals surface area contributed by atoms with Crippen LogP contribution in [0.25, 0.3) is 22.0 Å². The molecule has 29 heavy (non-hydrogen) atoms. The number of aromatic carboxylic acids is 1. The molecule has 1 N–H and O–H groups in total. The average Bonchev–Trinajstić information content (AvgIpc) is 3.03. The summed E-state index contributed by atoms with van der Waals surface area (Å²) in [6.07, 6.45) is 2.93. The van der Waals surface area contributed by atoms with E-state index in [9.17, 15) is 14.3 Å². The van der Waals surface area contributed by atoms with E-state index < -0.39 is 19.9 Å². The van der Waals surface area contributed by atoms with Crippen molar-refractivity contribution in [2.45, 2.75) is 32.4 Å². The third-order valence-corrected chi connectivity index (χ3v) is 6.24. The Kier molecular flexibility index (Phi) is 5.99. The maximum Gasteiger partial charge on any atom is 0.357 e. The molecule has 0 aliphatic rings. The number of ether oxygens (including phenoxy) is 2. The van der Waals surface area contributed by atoms with E-state index in [1.165, 1.54) is 36.3 Å². The van der Waals surface area contributed by atoms with Crippen LogP contribution in [0.3, 0.4) is 0 Å². The molecule has 0 aliphatic heterocycles. The van der Waals surface area contributed by atoms with Crippen molar-refractivity contribution >= 4 is 24.9 Å². The summed E-state index contributed by atoms with van der Waals surface area (Å²) in [5, 5.41) is 14.2. The Balaban J connectivity index is 2.08. The fourth-order valence-electron chi connectivity index (χ4n) is 3.02. The number of halogens is 1. The summed E-state index contributed by atoms with van der Waals surface area (Å²) in [6, 6.07) is 5.41. The van der Waals surface area contributed by atoms with Crippen molar-refractivity contribution in [2.24, 2.45) is 0 Å². The van der Waals surface area contributed by atoms with Crippen LogP contribution in [0.15, 0.2) is 30.6 Å². The fourth-order valence-corrected chi connectivity index (χ4v) is 3.78. The van der Waals surface area contributed by atoms with Crippen molar-refractivity contribution in [1.82, 2.24) is 14.8 Å². The summed E-state index contributed by atoms with van der Waals surface area (Å²) in [7, 11) is 0.182. The Hall–Kier alpha value is -2.78. The molecule has 0 spiro atoms. The second-order valence-electron chi connectivity index (χ2n) is 7.90. The second-order valence-corrected chi connectivity index (χ2v) is 13.5. The first-order valence-electron chi connectivity index (χ1n) is 9.21. The van der Waals surface area contributed by atoms with E-state index in [0.717, 1.165) is 6.04 Å². The number of carboxylic acids is 1. The van der Waals surface area contributed by atoms with Crippen molar-refractivity contribution in [3.63, 3.8) is 0 Å². The molecule has 3 aromatic rings. The van der Waals surface area contributed by atoms with Crippen LogP contribution >= 0.6 is 0 Å². The highest BCUT2D eigenvalue weighted by Crippen LogP contribution is 2.37. The van der Waals surface area contributed by atoms with Crippen LogP contribution in [-0.4, -0.2) is 47.6 Å². The zero-order valence-electron chi connectivity index (χ0n) is 16.9. The van der Waals surface area contributed by atoms with Gasteiger partial charge in [0.15, 0.2) is 5.69 Å². The maximum absolute atomic E-state index is 14.6. The molecule has 3 rings (SSSR count). The molecular formula is C20H24FN3O4Si. The third-order valence-electron chi connectivity index (χ3n) is 4.54. The molecule has 0 bridgehead atoms. The van der Waals surface area contributed by atoms with Crippen LogP contribution in [0, 0.1) is 5.82 Å². The van der Waals surface area contributed by atoms with E-state index in [0.29, 0.717) is 23.1 Å². The molecule has 0 unspecified atom stereocenters. The molecule has 7 nitrogen and oxygen atoms in total. The van der Waals surface area contributed by atoms with Gasteiger partial charge >= 0.3 is 5.97 Å². The number of nitrogens with zero attached hydrogens (tertiary/aromatic N) is 3. The molecule has 154 valence electrons. The molecule has 9 heteroatoms. The summed E-state index contributed by atoms with van der Waals surface area (Å²) < 4.78 is 27.1. The molecule has 0 saturated carbocycles. The van der Waals surface area contributed by atoms with Gasteiger partial charge in [0.1, 0.15) is 18.3 Å². The van der Waals surface area contributed by atoms with Crippen LogP contribution in [0.2, 0.25) is 25.7 Å². The Morgan fingerprint density at radius 3 is 2.69 bits per heavy atom. The van der Waals surface area contributed by atoms with Gasteiger partial charge in [-0.15, -0.1) is 0 Å². The number of pyridine rings is 1. The lowest BCUT2D eigenvalue weighted by molar-refractivity contribution is 0.0676. The molecule has 0 fully saturated rings. The summed E-state index contributed by atoms with van der Waals surface area (Å²) in [5.41, 5.74) is 0.729. The fraction of sp³-hybridized carbons (Fsp3) is 0.350.